The summed E-state index contributed by atoms with van der Waals surface area (Å²) < 4.78 is 10.5. The van der Waals surface area contributed by atoms with Crippen molar-refractivity contribution in [1.82, 2.24) is 5.32 Å². The lowest BCUT2D eigenvalue weighted by Crippen LogP contribution is -2.48. The van der Waals surface area contributed by atoms with Gasteiger partial charge in [-0.2, -0.15) is 0 Å². The first-order valence-corrected chi connectivity index (χ1v) is 6.33. The Balaban J connectivity index is 1.92. The van der Waals surface area contributed by atoms with Gasteiger partial charge in [-0.05, 0) is 44.0 Å². The molecule has 1 amide bonds. The first-order valence-electron chi connectivity index (χ1n) is 6.33. The van der Waals surface area contributed by atoms with E-state index in [1.54, 1.807) is 38.3 Å². The van der Waals surface area contributed by atoms with E-state index in [9.17, 15) is 9.59 Å². The van der Waals surface area contributed by atoms with Gasteiger partial charge >= 0.3 is 5.97 Å². The zero-order chi connectivity index (χ0) is 14.8. The minimum Gasteiger partial charge on any atom is -0.497 e. The van der Waals surface area contributed by atoms with E-state index >= 15 is 0 Å². The van der Waals surface area contributed by atoms with Crippen LogP contribution in [0.5, 0.6) is 11.5 Å². The topological polar surface area (TPSA) is 84.9 Å². The van der Waals surface area contributed by atoms with Crippen LogP contribution in [-0.2, 0) is 9.59 Å². The lowest BCUT2D eigenvalue weighted by molar-refractivity contribution is -0.144. The second-order valence-corrected chi connectivity index (χ2v) is 4.81. The molecule has 1 aromatic carbocycles. The third-order valence-corrected chi connectivity index (χ3v) is 3.26. The number of ether oxygens (including phenoxy) is 2. The molecule has 0 aliphatic heterocycles. The van der Waals surface area contributed by atoms with Crippen LogP contribution in [0.4, 0.5) is 0 Å². The number of carboxylic acids is 1. The maximum atomic E-state index is 11.9. The zero-order valence-corrected chi connectivity index (χ0v) is 11.4. The molecule has 0 heterocycles. The highest BCUT2D eigenvalue weighted by Gasteiger charge is 2.52. The lowest BCUT2D eigenvalue weighted by Gasteiger charge is -2.18. The summed E-state index contributed by atoms with van der Waals surface area (Å²) >= 11 is 0. The van der Waals surface area contributed by atoms with E-state index in [0.717, 1.165) is 0 Å². The van der Waals surface area contributed by atoms with E-state index in [-0.39, 0.29) is 0 Å². The number of amides is 1. The van der Waals surface area contributed by atoms with Gasteiger partial charge in [0.25, 0.3) is 5.91 Å². The molecule has 1 unspecified atom stereocenters. The number of nitrogens with one attached hydrogen (secondary N) is 1. The Kier molecular flexibility index (Phi) is 3.83. The quantitative estimate of drug-likeness (QED) is 0.817. The molecule has 0 saturated heterocycles. The summed E-state index contributed by atoms with van der Waals surface area (Å²) in [4.78, 5) is 22.9. The number of hydrogen-bond acceptors (Lipinski definition) is 4. The summed E-state index contributed by atoms with van der Waals surface area (Å²) in [7, 11) is 1.56. The van der Waals surface area contributed by atoms with E-state index in [1.807, 2.05) is 0 Å². The van der Waals surface area contributed by atoms with E-state index in [0.29, 0.717) is 24.3 Å². The largest absolute Gasteiger partial charge is 0.497 e. The van der Waals surface area contributed by atoms with Gasteiger partial charge in [-0.3, -0.25) is 4.79 Å². The molecule has 20 heavy (non-hydrogen) atoms. The normalized spacial score (nSPS) is 16.9. The van der Waals surface area contributed by atoms with Crippen LogP contribution in [0.3, 0.4) is 0 Å². The van der Waals surface area contributed by atoms with Crippen LogP contribution in [0.2, 0.25) is 0 Å². The molecule has 1 fully saturated rings. The summed E-state index contributed by atoms with van der Waals surface area (Å²) in [6.45, 7) is 1.58. The summed E-state index contributed by atoms with van der Waals surface area (Å²) in [5, 5.41) is 11.5. The molecule has 2 rings (SSSR count). The highest BCUT2D eigenvalue weighted by atomic mass is 16.5. The maximum Gasteiger partial charge on any atom is 0.329 e. The van der Waals surface area contributed by atoms with Gasteiger partial charge in [-0.25, -0.2) is 4.79 Å². The summed E-state index contributed by atoms with van der Waals surface area (Å²) in [5.41, 5.74) is -1.09. The van der Waals surface area contributed by atoms with Crippen molar-refractivity contribution >= 4 is 11.9 Å². The van der Waals surface area contributed by atoms with Crippen molar-refractivity contribution in [2.24, 2.45) is 0 Å². The van der Waals surface area contributed by atoms with E-state index < -0.39 is 23.5 Å². The molecule has 0 aromatic heterocycles. The third-order valence-electron chi connectivity index (χ3n) is 3.26. The molecule has 2 N–H and O–H groups in total. The number of carbonyl (C=O) groups is 2. The molecule has 1 aliphatic rings. The van der Waals surface area contributed by atoms with Gasteiger partial charge in [0.2, 0.25) is 0 Å². The van der Waals surface area contributed by atoms with Gasteiger partial charge in [0.15, 0.2) is 6.10 Å². The van der Waals surface area contributed by atoms with Crippen molar-refractivity contribution in [3.63, 3.8) is 0 Å². The number of rotatable bonds is 6. The van der Waals surface area contributed by atoms with Crippen LogP contribution in [-0.4, -0.2) is 35.7 Å². The number of benzene rings is 1. The SMILES string of the molecule is COc1ccc(OC(C)C(=O)NC2(C(=O)O)CC2)cc1. The fourth-order valence-electron chi connectivity index (χ4n) is 1.77. The molecule has 6 heteroatoms. The molecule has 108 valence electrons. The van der Waals surface area contributed by atoms with Crippen LogP contribution in [0.25, 0.3) is 0 Å². The number of hydrogen-bond donors (Lipinski definition) is 2. The van der Waals surface area contributed by atoms with E-state index in [4.69, 9.17) is 14.6 Å². The number of methoxy groups -OCH3 is 1. The fourth-order valence-corrected chi connectivity index (χ4v) is 1.77. The van der Waals surface area contributed by atoms with Gasteiger partial charge in [0.05, 0.1) is 7.11 Å². The van der Waals surface area contributed by atoms with Crippen molar-refractivity contribution in [1.29, 1.82) is 0 Å². The van der Waals surface area contributed by atoms with Crippen LogP contribution >= 0.6 is 0 Å². The molecule has 0 spiro atoms. The minimum absolute atomic E-state index is 0.430. The molecule has 6 nitrogen and oxygen atoms in total. The van der Waals surface area contributed by atoms with E-state index in [2.05, 4.69) is 5.32 Å². The maximum absolute atomic E-state index is 11.9. The smallest absolute Gasteiger partial charge is 0.329 e. The second-order valence-electron chi connectivity index (χ2n) is 4.81. The molecular weight excluding hydrogens is 262 g/mol. The minimum atomic E-state index is -1.09. The lowest BCUT2D eigenvalue weighted by atomic mass is 10.2. The van der Waals surface area contributed by atoms with Crippen molar-refractivity contribution in [3.8, 4) is 11.5 Å². The highest BCUT2D eigenvalue weighted by molar-refractivity contribution is 5.91. The Morgan fingerprint density at radius 3 is 2.25 bits per heavy atom. The van der Waals surface area contributed by atoms with Crippen molar-refractivity contribution < 1.29 is 24.2 Å². The summed E-state index contributed by atoms with van der Waals surface area (Å²) in [5.74, 6) is -0.214. The van der Waals surface area contributed by atoms with Crippen molar-refractivity contribution in [2.45, 2.75) is 31.4 Å². The monoisotopic (exact) mass is 279 g/mol. The van der Waals surface area contributed by atoms with Crippen molar-refractivity contribution in [2.75, 3.05) is 7.11 Å². The summed E-state index contributed by atoms with van der Waals surface area (Å²) in [6, 6.07) is 6.82. The Hall–Kier alpha value is -2.24. The van der Waals surface area contributed by atoms with Crippen LogP contribution in [0.1, 0.15) is 19.8 Å². The zero-order valence-electron chi connectivity index (χ0n) is 11.4. The van der Waals surface area contributed by atoms with Crippen LogP contribution < -0.4 is 14.8 Å². The molecule has 1 atom stereocenters. The molecule has 0 bridgehead atoms. The molecule has 0 radical (unpaired) electrons. The number of carboxylic acid groups (broad SMARTS) is 1. The van der Waals surface area contributed by atoms with Crippen LogP contribution in [0.15, 0.2) is 24.3 Å². The first-order chi connectivity index (χ1) is 9.47. The second kappa shape index (κ2) is 5.40. The molecule has 1 aromatic rings. The van der Waals surface area contributed by atoms with Gasteiger partial charge in [0, 0.05) is 0 Å². The Bertz CT molecular complexity index is 507. The van der Waals surface area contributed by atoms with Gasteiger partial charge < -0.3 is 19.9 Å². The number of aliphatic carboxylic acids is 1. The number of carbonyl (C=O) groups excluding carboxylic acids is 1. The van der Waals surface area contributed by atoms with Gasteiger partial charge in [0.1, 0.15) is 17.0 Å². The summed E-state index contributed by atoms with van der Waals surface area (Å²) in [6.07, 6.45) is 0.160. The molecular formula is C14H17NO5. The highest BCUT2D eigenvalue weighted by Crippen LogP contribution is 2.35. The fraction of sp³-hybridized carbons (Fsp3) is 0.429. The Morgan fingerprint density at radius 2 is 1.80 bits per heavy atom. The van der Waals surface area contributed by atoms with Gasteiger partial charge in [-0.1, -0.05) is 0 Å². The van der Waals surface area contributed by atoms with Gasteiger partial charge in [-0.15, -0.1) is 0 Å². The predicted molar refractivity (Wildman–Crippen MR) is 70.8 cm³/mol. The molecule has 1 saturated carbocycles. The average Bonchev–Trinajstić information content (AvgIpc) is 3.20. The average molecular weight is 279 g/mol. The molecule has 1 aliphatic carbocycles. The Morgan fingerprint density at radius 1 is 1.25 bits per heavy atom. The Labute approximate surface area is 116 Å². The predicted octanol–water partition coefficient (Wildman–Crippen LogP) is 1.20. The van der Waals surface area contributed by atoms with Crippen molar-refractivity contribution in [3.05, 3.63) is 24.3 Å². The third kappa shape index (κ3) is 3.01. The van der Waals surface area contributed by atoms with E-state index in [1.165, 1.54) is 0 Å². The standard InChI is InChI=1S/C14H17NO5/c1-9(12(16)15-14(7-8-14)13(17)18)20-11-5-3-10(19-2)4-6-11/h3-6,9H,7-8H2,1-2H3,(H,15,16)(H,17,18). The van der Waals surface area contributed by atoms with Crippen LogP contribution in [0, 0.1) is 0 Å². The first kappa shape index (κ1) is 14.2.